The number of ether oxygens (including phenoxy) is 1. The summed E-state index contributed by atoms with van der Waals surface area (Å²) in [7, 11) is -2.11. The molecule has 3 atom stereocenters. The molecule has 0 unspecified atom stereocenters. The van der Waals surface area contributed by atoms with Crippen LogP contribution in [-0.4, -0.2) is 82.5 Å². The predicted molar refractivity (Wildman–Crippen MR) is 119 cm³/mol. The van der Waals surface area contributed by atoms with E-state index in [4.69, 9.17) is 4.74 Å². The summed E-state index contributed by atoms with van der Waals surface area (Å²) in [5.74, 6) is -0.239. The van der Waals surface area contributed by atoms with Crippen molar-refractivity contribution in [3.8, 4) is 0 Å². The Morgan fingerprint density at radius 1 is 1.44 bits per heavy atom. The van der Waals surface area contributed by atoms with Gasteiger partial charge in [-0.2, -0.15) is 4.31 Å². The fraction of sp³-hybridized carbons (Fsp3) is 0.650. The van der Waals surface area contributed by atoms with Gasteiger partial charge in [0.15, 0.2) is 0 Å². The summed E-state index contributed by atoms with van der Waals surface area (Å²) in [4.78, 5) is 14.6. The van der Waals surface area contributed by atoms with Gasteiger partial charge in [-0.15, -0.1) is 16.4 Å². The van der Waals surface area contributed by atoms with Gasteiger partial charge < -0.3 is 14.7 Å². The molecule has 0 saturated carbocycles. The van der Waals surface area contributed by atoms with E-state index >= 15 is 0 Å². The van der Waals surface area contributed by atoms with Gasteiger partial charge in [-0.05, 0) is 24.8 Å². The molecule has 10 nitrogen and oxygen atoms in total. The molecule has 0 radical (unpaired) electrons. The number of nitrogens with zero attached hydrogens (tertiary/aromatic N) is 5. The van der Waals surface area contributed by atoms with Gasteiger partial charge in [0.2, 0.25) is 5.91 Å². The number of aryl methyl sites for hydroxylation is 1. The summed E-state index contributed by atoms with van der Waals surface area (Å²) in [6, 6.07) is 2.94. The van der Waals surface area contributed by atoms with E-state index in [1.807, 2.05) is 6.92 Å². The van der Waals surface area contributed by atoms with Crippen LogP contribution in [0.4, 0.5) is 0 Å². The van der Waals surface area contributed by atoms with Crippen molar-refractivity contribution in [1.82, 2.24) is 24.2 Å². The molecule has 0 saturated heterocycles. The van der Waals surface area contributed by atoms with Crippen LogP contribution in [0.3, 0.4) is 0 Å². The number of aromatic nitrogens is 3. The van der Waals surface area contributed by atoms with E-state index in [1.54, 1.807) is 40.2 Å². The maximum atomic E-state index is 12.9. The van der Waals surface area contributed by atoms with E-state index in [0.717, 1.165) is 5.69 Å². The minimum absolute atomic E-state index is 0.0565. The Bertz CT molecular complexity index is 978. The first-order valence-electron chi connectivity index (χ1n) is 10.6. The van der Waals surface area contributed by atoms with Gasteiger partial charge in [0, 0.05) is 39.0 Å². The molecule has 2 aromatic rings. The van der Waals surface area contributed by atoms with Crippen molar-refractivity contribution in [3.05, 3.63) is 29.4 Å². The van der Waals surface area contributed by atoms with Gasteiger partial charge in [-0.25, -0.2) is 13.1 Å². The number of carbonyl (C=O) groups excluding carboxylic acids is 1. The molecule has 0 spiro atoms. The van der Waals surface area contributed by atoms with Crippen molar-refractivity contribution >= 4 is 27.3 Å². The fourth-order valence-electron chi connectivity index (χ4n) is 3.66. The highest BCUT2D eigenvalue weighted by atomic mass is 32.2. The van der Waals surface area contributed by atoms with Crippen LogP contribution in [0.5, 0.6) is 0 Å². The number of sulfonamides is 1. The van der Waals surface area contributed by atoms with Gasteiger partial charge in [0.05, 0.1) is 37.3 Å². The highest BCUT2D eigenvalue weighted by Crippen LogP contribution is 2.23. The topological polar surface area (TPSA) is 118 Å². The molecule has 12 heteroatoms. The van der Waals surface area contributed by atoms with Crippen molar-refractivity contribution in [3.63, 3.8) is 0 Å². The highest BCUT2D eigenvalue weighted by Gasteiger charge is 2.31. The number of aliphatic hydroxyl groups is 1. The molecule has 0 bridgehead atoms. The van der Waals surface area contributed by atoms with E-state index < -0.39 is 16.1 Å². The zero-order valence-electron chi connectivity index (χ0n) is 18.6. The zero-order valence-corrected chi connectivity index (χ0v) is 20.3. The fourth-order valence-corrected chi connectivity index (χ4v) is 6.05. The quantitative estimate of drug-likeness (QED) is 0.653. The molecule has 0 aromatic carbocycles. The molecule has 1 amide bonds. The summed E-state index contributed by atoms with van der Waals surface area (Å²) >= 11 is 1.17. The van der Waals surface area contributed by atoms with Crippen LogP contribution < -0.4 is 0 Å². The van der Waals surface area contributed by atoms with Gasteiger partial charge in [0.25, 0.3) is 10.0 Å². The summed E-state index contributed by atoms with van der Waals surface area (Å²) in [5, 5.41) is 19.4. The lowest BCUT2D eigenvalue weighted by Gasteiger charge is -2.35. The number of rotatable bonds is 6. The van der Waals surface area contributed by atoms with Gasteiger partial charge >= 0.3 is 0 Å². The third kappa shape index (κ3) is 5.73. The minimum Gasteiger partial charge on any atom is -0.394 e. The SMILES string of the molecule is C[C@@H]1CN([C@@H](C)CO)C(=O)CCCn2nncc2CO[C@@H]1CN(C)S(=O)(=O)c1cccs1. The molecule has 1 aliphatic rings. The molecule has 0 aliphatic carbocycles. The highest BCUT2D eigenvalue weighted by molar-refractivity contribution is 7.91. The lowest BCUT2D eigenvalue weighted by Crippen LogP contribution is -2.47. The molecule has 3 heterocycles. The number of fused-ring (bicyclic) bond motifs is 1. The van der Waals surface area contributed by atoms with Crippen molar-refractivity contribution in [1.29, 1.82) is 0 Å². The van der Waals surface area contributed by atoms with E-state index in [-0.39, 0.29) is 41.8 Å². The number of hydrogen-bond donors (Lipinski definition) is 1. The predicted octanol–water partition coefficient (Wildman–Crippen LogP) is 1.18. The zero-order chi connectivity index (χ0) is 23.3. The van der Waals surface area contributed by atoms with Crippen LogP contribution in [0, 0.1) is 5.92 Å². The first-order valence-corrected chi connectivity index (χ1v) is 12.9. The van der Waals surface area contributed by atoms with Crippen LogP contribution in [0.25, 0.3) is 0 Å². The smallest absolute Gasteiger partial charge is 0.252 e. The van der Waals surface area contributed by atoms with E-state index in [1.165, 1.54) is 22.7 Å². The van der Waals surface area contributed by atoms with Crippen LogP contribution in [-0.2, 0) is 32.7 Å². The van der Waals surface area contributed by atoms with Crippen molar-refractivity contribution in [2.45, 2.75) is 56.2 Å². The van der Waals surface area contributed by atoms with Crippen molar-refractivity contribution in [2.24, 2.45) is 5.92 Å². The van der Waals surface area contributed by atoms with E-state index in [2.05, 4.69) is 10.3 Å². The van der Waals surface area contributed by atoms with Crippen molar-refractivity contribution < 1.29 is 23.1 Å². The lowest BCUT2D eigenvalue weighted by atomic mass is 10.0. The first kappa shape index (κ1) is 24.8. The number of thiophene rings is 1. The molecular weight excluding hydrogens is 454 g/mol. The third-order valence-corrected chi connectivity index (χ3v) is 8.93. The second-order valence-corrected chi connectivity index (χ2v) is 11.4. The first-order chi connectivity index (χ1) is 15.2. The Kier molecular flexibility index (Phi) is 8.39. The number of carbonyl (C=O) groups is 1. The maximum Gasteiger partial charge on any atom is 0.252 e. The number of hydrogen-bond acceptors (Lipinski definition) is 8. The molecule has 32 heavy (non-hydrogen) atoms. The third-order valence-electron chi connectivity index (χ3n) is 5.74. The standard InChI is InChI=1S/C20H31N5O5S2/c1-15-11-24(16(2)13-26)19(27)6-4-8-25-17(10-21-22-25)14-30-18(15)12-23(3)32(28,29)20-7-5-9-31-20/h5,7,9-10,15-16,18,26H,4,6,8,11-14H2,1-3H3/t15-,16+,18-/m1/s1. The monoisotopic (exact) mass is 485 g/mol. The molecule has 3 rings (SSSR count). The van der Waals surface area contributed by atoms with Gasteiger partial charge in [-0.3, -0.25) is 4.79 Å². The van der Waals surface area contributed by atoms with Crippen LogP contribution in [0.2, 0.25) is 0 Å². The van der Waals surface area contributed by atoms with Gasteiger partial charge in [-0.1, -0.05) is 18.2 Å². The van der Waals surface area contributed by atoms with Crippen LogP contribution in [0.15, 0.2) is 27.9 Å². The largest absolute Gasteiger partial charge is 0.394 e. The summed E-state index contributed by atoms with van der Waals surface area (Å²) < 4.78 is 35.3. The lowest BCUT2D eigenvalue weighted by molar-refractivity contribution is -0.136. The Morgan fingerprint density at radius 3 is 2.91 bits per heavy atom. The summed E-state index contributed by atoms with van der Waals surface area (Å²) in [5.41, 5.74) is 0.777. The molecule has 178 valence electrons. The average molecular weight is 486 g/mol. The Morgan fingerprint density at radius 2 is 2.22 bits per heavy atom. The Hall–Kier alpha value is -1.86. The second kappa shape index (κ2) is 10.8. The van der Waals surface area contributed by atoms with Crippen LogP contribution in [0.1, 0.15) is 32.4 Å². The molecule has 0 fully saturated rings. The average Bonchev–Trinajstić information content (AvgIpc) is 3.45. The number of amides is 1. The van der Waals surface area contributed by atoms with Gasteiger partial charge in [0.1, 0.15) is 4.21 Å². The summed E-state index contributed by atoms with van der Waals surface area (Å²) in [6.45, 7) is 4.83. The maximum absolute atomic E-state index is 12.9. The molecular formula is C20H31N5O5S2. The Balaban J connectivity index is 1.86. The van der Waals surface area contributed by atoms with Crippen LogP contribution >= 0.6 is 11.3 Å². The number of likely N-dealkylation sites (N-methyl/N-ethyl adjacent to an activating group) is 1. The van der Waals surface area contributed by atoms with E-state index in [9.17, 15) is 18.3 Å². The number of aliphatic hydroxyl groups excluding tert-OH is 1. The normalized spacial score (nSPS) is 22.3. The second-order valence-electron chi connectivity index (χ2n) is 8.17. The van der Waals surface area contributed by atoms with E-state index in [0.29, 0.717) is 25.9 Å². The molecule has 1 aliphatic heterocycles. The molecule has 2 aromatic heterocycles. The molecule has 1 N–H and O–H groups in total. The summed E-state index contributed by atoms with van der Waals surface area (Å²) in [6.07, 6.45) is 2.07. The van der Waals surface area contributed by atoms with Crippen molar-refractivity contribution in [2.75, 3.05) is 26.7 Å². The minimum atomic E-state index is -3.64. The Labute approximate surface area is 192 Å².